The number of rotatable bonds is 70. The molecule has 0 saturated carbocycles. The zero-order valence-electron chi connectivity index (χ0n) is 57.6. The van der Waals surface area contributed by atoms with E-state index in [0.29, 0.717) is 25.7 Å². The minimum absolute atomic E-state index is 0.107. The summed E-state index contributed by atoms with van der Waals surface area (Å²) in [4.78, 5) is 72.5. The average Bonchev–Trinajstić information content (AvgIpc) is 3.57. The van der Waals surface area contributed by atoms with Crippen LogP contribution in [-0.2, 0) is 65.4 Å². The Balaban J connectivity index is 5.22. The molecule has 528 valence electrons. The maximum absolute atomic E-state index is 13.0. The van der Waals surface area contributed by atoms with Crippen LogP contribution in [0.2, 0.25) is 0 Å². The van der Waals surface area contributed by atoms with Crippen LogP contribution in [0.4, 0.5) is 0 Å². The monoisotopic (exact) mass is 1310 g/mol. The van der Waals surface area contributed by atoms with Crippen LogP contribution in [0.15, 0.2) is 0 Å². The molecule has 0 heterocycles. The molecule has 0 aliphatic heterocycles. The lowest BCUT2D eigenvalue weighted by molar-refractivity contribution is -0.161. The van der Waals surface area contributed by atoms with E-state index < -0.39 is 97.5 Å². The predicted octanol–water partition coefficient (Wildman–Crippen LogP) is 20.1. The molecule has 0 aliphatic carbocycles. The highest BCUT2D eigenvalue weighted by Gasteiger charge is 2.30. The van der Waals surface area contributed by atoms with Crippen LogP contribution < -0.4 is 0 Å². The zero-order valence-corrected chi connectivity index (χ0v) is 59.4. The van der Waals surface area contributed by atoms with Crippen LogP contribution in [0.1, 0.15) is 362 Å². The maximum Gasteiger partial charge on any atom is 0.472 e. The third-order valence-corrected chi connectivity index (χ3v) is 18.2. The molecule has 89 heavy (non-hydrogen) atoms. The van der Waals surface area contributed by atoms with Gasteiger partial charge in [0.05, 0.1) is 26.4 Å². The van der Waals surface area contributed by atoms with Gasteiger partial charge in [-0.25, -0.2) is 9.13 Å². The van der Waals surface area contributed by atoms with Crippen molar-refractivity contribution < 1.29 is 80.2 Å². The van der Waals surface area contributed by atoms with Crippen molar-refractivity contribution in [1.82, 2.24) is 0 Å². The minimum Gasteiger partial charge on any atom is -0.462 e. The van der Waals surface area contributed by atoms with Crippen molar-refractivity contribution in [2.45, 2.75) is 380 Å². The number of hydrogen-bond acceptors (Lipinski definition) is 15. The third kappa shape index (κ3) is 64.6. The van der Waals surface area contributed by atoms with Gasteiger partial charge in [-0.15, -0.1) is 0 Å². The quantitative estimate of drug-likeness (QED) is 0.0222. The molecule has 0 aromatic heterocycles. The highest BCUT2D eigenvalue weighted by Crippen LogP contribution is 2.45. The van der Waals surface area contributed by atoms with Gasteiger partial charge >= 0.3 is 39.5 Å². The molecule has 0 radical (unpaired) electrons. The smallest absolute Gasteiger partial charge is 0.462 e. The SMILES string of the molecule is CCCCCCCCCCCCCCCCCCCC(=O)O[C@H](COC(=O)CCCCCCCCCCCCC(C)C)COP(=O)(O)OC[C@@H](O)COP(=O)(O)OC[C@@H](COC(=O)CCCCCCCCCCC)OC(=O)CCCCCCCCCCCC. The van der Waals surface area contributed by atoms with Gasteiger partial charge in [0, 0.05) is 25.7 Å². The molecular formula is C70H136O17P2. The molecule has 17 nitrogen and oxygen atoms in total. The van der Waals surface area contributed by atoms with Gasteiger partial charge in [0.15, 0.2) is 12.2 Å². The molecule has 2 unspecified atom stereocenters. The minimum atomic E-state index is -4.95. The summed E-state index contributed by atoms with van der Waals surface area (Å²) in [5, 5.41) is 10.6. The van der Waals surface area contributed by atoms with Crippen LogP contribution in [-0.4, -0.2) is 96.7 Å². The number of ether oxygens (including phenoxy) is 4. The lowest BCUT2D eigenvalue weighted by Crippen LogP contribution is -2.30. The van der Waals surface area contributed by atoms with Gasteiger partial charge in [0.25, 0.3) is 0 Å². The van der Waals surface area contributed by atoms with Crippen LogP contribution in [0.25, 0.3) is 0 Å². The van der Waals surface area contributed by atoms with E-state index in [-0.39, 0.29) is 25.7 Å². The molecule has 0 fully saturated rings. The lowest BCUT2D eigenvalue weighted by atomic mass is 10.0. The molecule has 0 spiro atoms. The first-order valence-corrected chi connectivity index (χ1v) is 39.6. The van der Waals surface area contributed by atoms with Crippen molar-refractivity contribution in [3.8, 4) is 0 Å². The van der Waals surface area contributed by atoms with E-state index in [0.717, 1.165) is 95.8 Å². The van der Waals surface area contributed by atoms with Crippen LogP contribution in [0, 0.1) is 5.92 Å². The lowest BCUT2D eigenvalue weighted by Gasteiger charge is -2.21. The second-order valence-corrected chi connectivity index (χ2v) is 28.7. The number of phosphoric ester groups is 2. The summed E-state index contributed by atoms with van der Waals surface area (Å²) in [5.74, 6) is -1.36. The fourth-order valence-corrected chi connectivity index (χ4v) is 12.2. The fraction of sp³-hybridized carbons (Fsp3) is 0.943. The number of carbonyl (C=O) groups excluding carboxylic acids is 4. The number of unbranched alkanes of at least 4 members (excludes halogenated alkanes) is 42. The summed E-state index contributed by atoms with van der Waals surface area (Å²) in [7, 11) is -9.89. The van der Waals surface area contributed by atoms with E-state index in [1.54, 1.807) is 0 Å². The van der Waals surface area contributed by atoms with E-state index in [2.05, 4.69) is 34.6 Å². The number of hydrogen-bond donors (Lipinski definition) is 3. The molecule has 0 aliphatic rings. The first kappa shape index (κ1) is 87.1. The van der Waals surface area contributed by atoms with Gasteiger partial charge in [-0.1, -0.05) is 311 Å². The summed E-state index contributed by atoms with van der Waals surface area (Å²) in [6.45, 7) is 7.22. The molecule has 0 saturated heterocycles. The Kier molecular flexibility index (Phi) is 62.1. The molecule has 0 aromatic carbocycles. The topological polar surface area (TPSA) is 237 Å². The van der Waals surface area contributed by atoms with E-state index in [1.165, 1.54) is 186 Å². The molecule has 0 amide bonds. The van der Waals surface area contributed by atoms with Gasteiger partial charge in [0.2, 0.25) is 0 Å². The van der Waals surface area contributed by atoms with E-state index in [9.17, 15) is 43.2 Å². The molecule has 5 atom stereocenters. The number of phosphoric acid groups is 2. The van der Waals surface area contributed by atoms with Gasteiger partial charge in [-0.3, -0.25) is 37.3 Å². The van der Waals surface area contributed by atoms with Crippen molar-refractivity contribution in [1.29, 1.82) is 0 Å². The number of carbonyl (C=O) groups is 4. The summed E-state index contributed by atoms with van der Waals surface area (Å²) in [5.41, 5.74) is 0. The van der Waals surface area contributed by atoms with E-state index >= 15 is 0 Å². The Morgan fingerprint density at radius 1 is 0.303 bits per heavy atom. The Bertz CT molecular complexity index is 1720. The second kappa shape index (κ2) is 63.5. The Labute approximate surface area is 543 Å². The van der Waals surface area contributed by atoms with Crippen LogP contribution in [0.5, 0.6) is 0 Å². The Hall–Kier alpha value is -1.94. The summed E-state index contributed by atoms with van der Waals surface area (Å²) >= 11 is 0. The van der Waals surface area contributed by atoms with E-state index in [4.69, 9.17) is 37.0 Å². The first-order valence-electron chi connectivity index (χ1n) is 36.6. The summed E-state index contributed by atoms with van der Waals surface area (Å²) in [6.07, 6.45) is 49.9. The standard InChI is InChI=1S/C70H136O17P2/c1-6-9-12-15-18-21-23-24-25-26-27-28-29-36-41-46-51-56-70(75)87-66(60-81-68(73)54-49-44-39-35-31-30-33-37-42-47-52-63(4)5)62-85-89(78,79)83-58-64(71)57-82-88(76,77)84-61-65(59-80-67(72)53-48-43-38-32-20-17-14-11-8-3)86-69(74)55-50-45-40-34-22-19-16-13-10-7-2/h63-66,71H,6-62H2,1-5H3,(H,76,77)(H,78,79)/t64-,65+,66+/m0/s1. The zero-order chi connectivity index (χ0) is 65.6. The highest BCUT2D eigenvalue weighted by molar-refractivity contribution is 7.47. The van der Waals surface area contributed by atoms with Crippen LogP contribution in [0.3, 0.4) is 0 Å². The average molecular weight is 1310 g/mol. The van der Waals surface area contributed by atoms with Crippen molar-refractivity contribution in [2.75, 3.05) is 39.6 Å². The Morgan fingerprint density at radius 2 is 0.517 bits per heavy atom. The van der Waals surface area contributed by atoms with Gasteiger partial charge in [0.1, 0.15) is 19.3 Å². The molecule has 0 aromatic rings. The third-order valence-electron chi connectivity index (χ3n) is 16.3. The maximum atomic E-state index is 13.0. The molecule has 0 bridgehead atoms. The highest BCUT2D eigenvalue weighted by atomic mass is 31.2. The Morgan fingerprint density at radius 3 is 0.764 bits per heavy atom. The predicted molar refractivity (Wildman–Crippen MR) is 358 cm³/mol. The normalized spacial score (nSPS) is 14.1. The second-order valence-electron chi connectivity index (χ2n) is 25.7. The summed E-state index contributed by atoms with van der Waals surface area (Å²) in [6, 6.07) is 0. The fourth-order valence-electron chi connectivity index (χ4n) is 10.6. The van der Waals surface area contributed by atoms with Gasteiger partial charge in [-0.05, 0) is 31.6 Å². The largest absolute Gasteiger partial charge is 0.472 e. The molecule has 3 N–H and O–H groups in total. The van der Waals surface area contributed by atoms with Crippen molar-refractivity contribution in [3.63, 3.8) is 0 Å². The molecular weight excluding hydrogens is 1170 g/mol. The van der Waals surface area contributed by atoms with Crippen molar-refractivity contribution in [3.05, 3.63) is 0 Å². The van der Waals surface area contributed by atoms with Crippen LogP contribution >= 0.6 is 15.6 Å². The van der Waals surface area contributed by atoms with E-state index in [1.807, 2.05) is 0 Å². The summed E-state index contributed by atoms with van der Waals surface area (Å²) < 4.78 is 68.2. The van der Waals surface area contributed by atoms with Gasteiger partial charge < -0.3 is 33.8 Å². The molecule has 19 heteroatoms. The molecule has 0 rings (SSSR count). The number of esters is 4. The van der Waals surface area contributed by atoms with Crippen molar-refractivity contribution in [2.24, 2.45) is 5.92 Å². The number of aliphatic hydroxyl groups is 1. The van der Waals surface area contributed by atoms with Gasteiger partial charge in [-0.2, -0.15) is 0 Å². The number of aliphatic hydroxyl groups excluding tert-OH is 1. The van der Waals surface area contributed by atoms with Crippen molar-refractivity contribution >= 4 is 39.5 Å². The first-order chi connectivity index (χ1) is 43.0.